The van der Waals surface area contributed by atoms with Crippen LogP contribution in [0.4, 0.5) is 0 Å². The molecule has 0 aromatic carbocycles. The summed E-state index contributed by atoms with van der Waals surface area (Å²) in [5.74, 6) is 0. The summed E-state index contributed by atoms with van der Waals surface area (Å²) in [6, 6.07) is 4.10. The maximum Gasteiger partial charge on any atom is 0.0987 e. The molecule has 1 heterocycles. The van der Waals surface area contributed by atoms with Crippen molar-refractivity contribution in [3.05, 3.63) is 22.4 Å². The molecular formula is C11H16OS. The van der Waals surface area contributed by atoms with Gasteiger partial charge < -0.3 is 5.11 Å². The lowest BCUT2D eigenvalue weighted by atomic mass is 9.93. The highest BCUT2D eigenvalue weighted by molar-refractivity contribution is 7.10. The highest BCUT2D eigenvalue weighted by Crippen LogP contribution is 2.37. The first-order chi connectivity index (χ1) is 6.31. The van der Waals surface area contributed by atoms with Crippen LogP contribution < -0.4 is 0 Å². The van der Waals surface area contributed by atoms with Gasteiger partial charge in [-0.3, -0.25) is 0 Å². The molecule has 1 N–H and O–H groups in total. The van der Waals surface area contributed by atoms with Gasteiger partial charge in [-0.25, -0.2) is 0 Å². The molecule has 0 bridgehead atoms. The Morgan fingerprint density at radius 3 is 2.38 bits per heavy atom. The number of aliphatic hydroxyl groups is 1. The summed E-state index contributed by atoms with van der Waals surface area (Å²) in [7, 11) is 0. The van der Waals surface area contributed by atoms with Gasteiger partial charge in [-0.15, -0.1) is 11.3 Å². The van der Waals surface area contributed by atoms with Gasteiger partial charge in [0.05, 0.1) is 5.60 Å². The second-order valence-electron chi connectivity index (χ2n) is 3.92. The minimum atomic E-state index is -0.495. The van der Waals surface area contributed by atoms with E-state index in [1.165, 1.54) is 25.7 Å². The molecule has 0 saturated heterocycles. The van der Waals surface area contributed by atoms with Crippen molar-refractivity contribution >= 4 is 11.3 Å². The fourth-order valence-corrected chi connectivity index (χ4v) is 2.99. The summed E-state index contributed by atoms with van der Waals surface area (Å²) in [5, 5.41) is 12.5. The molecule has 1 fully saturated rings. The molecule has 0 unspecified atom stereocenters. The Labute approximate surface area is 83.4 Å². The van der Waals surface area contributed by atoms with Crippen LogP contribution in [0.1, 0.15) is 43.4 Å². The Morgan fingerprint density at radius 2 is 1.85 bits per heavy atom. The van der Waals surface area contributed by atoms with Gasteiger partial charge in [0.1, 0.15) is 0 Å². The monoisotopic (exact) mass is 196 g/mol. The third-order valence-electron chi connectivity index (χ3n) is 2.91. The average Bonchev–Trinajstić information content (AvgIpc) is 2.57. The summed E-state index contributed by atoms with van der Waals surface area (Å²) in [4.78, 5) is 1.16. The molecule has 1 saturated carbocycles. The summed E-state index contributed by atoms with van der Waals surface area (Å²) < 4.78 is 0. The van der Waals surface area contributed by atoms with Crippen LogP contribution in [-0.2, 0) is 5.60 Å². The van der Waals surface area contributed by atoms with E-state index < -0.39 is 5.60 Å². The molecule has 72 valence electrons. The Hall–Kier alpha value is -0.340. The van der Waals surface area contributed by atoms with E-state index >= 15 is 0 Å². The Bertz CT molecular complexity index is 245. The van der Waals surface area contributed by atoms with E-state index in [9.17, 15) is 5.11 Å². The van der Waals surface area contributed by atoms with Crippen molar-refractivity contribution in [1.82, 2.24) is 0 Å². The second kappa shape index (κ2) is 3.81. The van der Waals surface area contributed by atoms with Crippen LogP contribution in [0.25, 0.3) is 0 Å². The summed E-state index contributed by atoms with van der Waals surface area (Å²) >= 11 is 1.69. The fraction of sp³-hybridized carbons (Fsp3) is 0.636. The molecule has 1 nitrogen and oxygen atoms in total. The van der Waals surface area contributed by atoms with Crippen molar-refractivity contribution in [2.24, 2.45) is 0 Å². The van der Waals surface area contributed by atoms with Gasteiger partial charge in [-0.1, -0.05) is 31.7 Å². The van der Waals surface area contributed by atoms with Gasteiger partial charge >= 0.3 is 0 Å². The van der Waals surface area contributed by atoms with Crippen molar-refractivity contribution in [3.63, 3.8) is 0 Å². The fourth-order valence-electron chi connectivity index (χ4n) is 2.10. The normalized spacial score (nSPS) is 22.5. The maximum atomic E-state index is 10.4. The van der Waals surface area contributed by atoms with Crippen molar-refractivity contribution in [1.29, 1.82) is 0 Å². The largest absolute Gasteiger partial charge is 0.384 e. The standard InChI is InChI=1S/C11H16OS/c12-11(10-6-5-9-13-10)7-3-1-2-4-8-11/h5-6,9,12H,1-4,7-8H2. The zero-order chi connectivity index (χ0) is 9.15. The SMILES string of the molecule is OC1(c2cccs2)CCCCCC1. The molecule has 0 radical (unpaired) electrons. The molecule has 1 aliphatic rings. The second-order valence-corrected chi connectivity index (χ2v) is 4.87. The average molecular weight is 196 g/mol. The van der Waals surface area contributed by atoms with E-state index in [1.54, 1.807) is 11.3 Å². The van der Waals surface area contributed by atoms with E-state index in [1.807, 2.05) is 6.07 Å². The molecule has 0 amide bonds. The molecule has 0 spiro atoms. The summed E-state index contributed by atoms with van der Waals surface area (Å²) in [5.41, 5.74) is -0.495. The molecule has 2 rings (SSSR count). The predicted molar refractivity (Wildman–Crippen MR) is 55.9 cm³/mol. The molecule has 0 aliphatic heterocycles. The molecule has 1 aromatic rings. The van der Waals surface area contributed by atoms with E-state index in [0.29, 0.717) is 0 Å². The lowest BCUT2D eigenvalue weighted by Crippen LogP contribution is -2.23. The first kappa shape index (κ1) is 9.22. The van der Waals surface area contributed by atoms with Crippen molar-refractivity contribution in [3.8, 4) is 0 Å². The Morgan fingerprint density at radius 1 is 1.15 bits per heavy atom. The summed E-state index contributed by atoms with van der Waals surface area (Å²) in [6.45, 7) is 0. The van der Waals surface area contributed by atoms with Crippen LogP contribution in [0.3, 0.4) is 0 Å². The lowest BCUT2D eigenvalue weighted by Gasteiger charge is -2.24. The Balaban J connectivity index is 2.17. The highest BCUT2D eigenvalue weighted by atomic mass is 32.1. The highest BCUT2D eigenvalue weighted by Gasteiger charge is 2.30. The third-order valence-corrected chi connectivity index (χ3v) is 3.97. The smallest absolute Gasteiger partial charge is 0.0987 e. The number of hydrogen-bond acceptors (Lipinski definition) is 2. The minimum Gasteiger partial charge on any atom is -0.384 e. The Kier molecular flexibility index (Phi) is 2.70. The van der Waals surface area contributed by atoms with Crippen LogP contribution >= 0.6 is 11.3 Å². The predicted octanol–water partition coefficient (Wildman–Crippen LogP) is 3.29. The number of hydrogen-bond donors (Lipinski definition) is 1. The molecule has 13 heavy (non-hydrogen) atoms. The van der Waals surface area contributed by atoms with E-state index in [2.05, 4.69) is 11.4 Å². The van der Waals surface area contributed by atoms with Crippen LogP contribution in [-0.4, -0.2) is 5.11 Å². The number of rotatable bonds is 1. The third kappa shape index (κ3) is 1.94. The van der Waals surface area contributed by atoms with Crippen LogP contribution in [0.5, 0.6) is 0 Å². The van der Waals surface area contributed by atoms with E-state index in [0.717, 1.165) is 17.7 Å². The first-order valence-corrected chi connectivity index (χ1v) is 5.96. The van der Waals surface area contributed by atoms with Crippen LogP contribution in [0.15, 0.2) is 17.5 Å². The van der Waals surface area contributed by atoms with Gasteiger partial charge in [0.15, 0.2) is 0 Å². The topological polar surface area (TPSA) is 20.2 Å². The zero-order valence-electron chi connectivity index (χ0n) is 7.83. The quantitative estimate of drug-likeness (QED) is 0.683. The van der Waals surface area contributed by atoms with Gasteiger partial charge in [0.25, 0.3) is 0 Å². The number of thiophene rings is 1. The van der Waals surface area contributed by atoms with E-state index in [4.69, 9.17) is 0 Å². The van der Waals surface area contributed by atoms with Gasteiger partial charge in [-0.2, -0.15) is 0 Å². The van der Waals surface area contributed by atoms with Crippen molar-refractivity contribution < 1.29 is 5.11 Å². The molecule has 1 aliphatic carbocycles. The molecular weight excluding hydrogens is 180 g/mol. The maximum absolute atomic E-state index is 10.4. The first-order valence-electron chi connectivity index (χ1n) is 5.08. The zero-order valence-corrected chi connectivity index (χ0v) is 8.65. The summed E-state index contributed by atoms with van der Waals surface area (Å²) in [6.07, 6.45) is 6.82. The molecule has 1 aromatic heterocycles. The van der Waals surface area contributed by atoms with Gasteiger partial charge in [-0.05, 0) is 24.3 Å². The van der Waals surface area contributed by atoms with E-state index in [-0.39, 0.29) is 0 Å². The minimum absolute atomic E-state index is 0.495. The van der Waals surface area contributed by atoms with Gasteiger partial charge in [0.2, 0.25) is 0 Å². The molecule has 0 atom stereocenters. The van der Waals surface area contributed by atoms with Crippen LogP contribution in [0, 0.1) is 0 Å². The molecule has 2 heteroatoms. The van der Waals surface area contributed by atoms with Crippen LogP contribution in [0.2, 0.25) is 0 Å². The van der Waals surface area contributed by atoms with Gasteiger partial charge in [0, 0.05) is 4.88 Å². The van der Waals surface area contributed by atoms with Crippen molar-refractivity contribution in [2.75, 3.05) is 0 Å². The lowest BCUT2D eigenvalue weighted by molar-refractivity contribution is 0.0244. The van der Waals surface area contributed by atoms with Crippen molar-refractivity contribution in [2.45, 2.75) is 44.1 Å².